The minimum absolute atomic E-state index is 0.0344. The zero-order chi connectivity index (χ0) is 27.4. The molecule has 0 amide bonds. The van der Waals surface area contributed by atoms with E-state index in [0.717, 1.165) is 56.1 Å². The summed E-state index contributed by atoms with van der Waals surface area (Å²) in [5.74, 6) is -0.0360. The van der Waals surface area contributed by atoms with Crippen molar-refractivity contribution in [3.63, 3.8) is 0 Å². The number of ether oxygens (including phenoxy) is 1. The van der Waals surface area contributed by atoms with Gasteiger partial charge in [-0.25, -0.2) is 0 Å². The Morgan fingerprint density at radius 1 is 0.973 bits per heavy atom. The number of aliphatic hydroxyl groups is 1. The molecule has 6 atom stereocenters. The summed E-state index contributed by atoms with van der Waals surface area (Å²) in [6, 6.07) is 0. The lowest BCUT2D eigenvalue weighted by Crippen LogP contribution is -2.62. The van der Waals surface area contributed by atoms with Crippen molar-refractivity contribution < 1.29 is 19.4 Å². The predicted molar refractivity (Wildman–Crippen MR) is 147 cm³/mol. The number of rotatable bonds is 1. The maximum Gasteiger partial charge on any atom is 0.312 e. The van der Waals surface area contributed by atoms with E-state index in [1.165, 1.54) is 5.57 Å². The smallest absolute Gasteiger partial charge is 0.312 e. The Morgan fingerprint density at radius 3 is 2.27 bits per heavy atom. The molecular formula is C33H46O4. The van der Waals surface area contributed by atoms with Gasteiger partial charge in [-0.05, 0) is 119 Å². The van der Waals surface area contributed by atoms with Crippen molar-refractivity contribution in [3.8, 4) is 0 Å². The minimum Gasteiger partial charge on any atom is -0.504 e. The van der Waals surface area contributed by atoms with E-state index in [0.29, 0.717) is 11.5 Å². The van der Waals surface area contributed by atoms with Gasteiger partial charge < -0.3 is 9.84 Å². The summed E-state index contributed by atoms with van der Waals surface area (Å²) in [6.45, 7) is 19.6. The third-order valence-corrected chi connectivity index (χ3v) is 11.8. The number of carbonyl (C=O) groups excluding carboxylic acids is 2. The van der Waals surface area contributed by atoms with Crippen LogP contribution in [0.3, 0.4) is 0 Å². The number of allylic oxidation sites excluding steroid dienone is 7. The van der Waals surface area contributed by atoms with Gasteiger partial charge >= 0.3 is 5.97 Å². The number of carbonyl (C=O) groups is 2. The van der Waals surface area contributed by atoms with Crippen LogP contribution in [0.5, 0.6) is 0 Å². The van der Waals surface area contributed by atoms with E-state index in [2.05, 4.69) is 46.8 Å². The average Bonchev–Trinajstić information content (AvgIpc) is 2.80. The zero-order valence-corrected chi connectivity index (χ0v) is 24.4. The fourth-order valence-corrected chi connectivity index (χ4v) is 9.04. The number of fused-ring (bicyclic) bond motifs is 7. The third kappa shape index (κ3) is 3.53. The fourth-order valence-electron chi connectivity index (χ4n) is 9.04. The van der Waals surface area contributed by atoms with Gasteiger partial charge in [-0.1, -0.05) is 45.4 Å². The van der Waals surface area contributed by atoms with Gasteiger partial charge in [-0.2, -0.15) is 0 Å². The van der Waals surface area contributed by atoms with Crippen molar-refractivity contribution in [1.29, 1.82) is 0 Å². The van der Waals surface area contributed by atoms with Gasteiger partial charge in [-0.3, -0.25) is 9.59 Å². The van der Waals surface area contributed by atoms with Crippen molar-refractivity contribution in [2.24, 2.45) is 33.0 Å². The summed E-state index contributed by atoms with van der Waals surface area (Å²) in [5.41, 5.74) is 3.22. The molecule has 5 aliphatic rings. The molecule has 0 aliphatic heterocycles. The van der Waals surface area contributed by atoms with Crippen LogP contribution in [0, 0.1) is 33.0 Å². The van der Waals surface area contributed by atoms with E-state index in [1.807, 2.05) is 27.7 Å². The zero-order valence-electron chi connectivity index (χ0n) is 24.4. The monoisotopic (exact) mass is 506 g/mol. The Morgan fingerprint density at radius 2 is 1.62 bits per heavy atom. The molecule has 0 spiro atoms. The molecule has 4 nitrogen and oxygen atoms in total. The molecule has 0 bridgehead atoms. The topological polar surface area (TPSA) is 63.6 Å². The molecule has 0 radical (unpaired) electrons. The first kappa shape index (κ1) is 26.5. The van der Waals surface area contributed by atoms with E-state index in [-0.39, 0.29) is 39.2 Å². The highest BCUT2D eigenvalue weighted by molar-refractivity contribution is 6.06. The first-order valence-electron chi connectivity index (χ1n) is 14.2. The largest absolute Gasteiger partial charge is 0.504 e. The SMILES string of the molecule is CC1=C(O)C(=O)C=C2C1=CC=C1[C@@]2(C)CC[C@@]2(C)[C@@H]3C[C@](C)(C(=O)OC(C)(C)C)CC[C@]3(C)CC[C@]12C. The van der Waals surface area contributed by atoms with Gasteiger partial charge in [0.1, 0.15) is 5.60 Å². The summed E-state index contributed by atoms with van der Waals surface area (Å²) in [7, 11) is 0. The molecule has 202 valence electrons. The summed E-state index contributed by atoms with van der Waals surface area (Å²) in [6.07, 6.45) is 13.2. The molecule has 0 aromatic rings. The Hall–Kier alpha value is -2.10. The van der Waals surface area contributed by atoms with Gasteiger partial charge in [0.05, 0.1) is 5.41 Å². The summed E-state index contributed by atoms with van der Waals surface area (Å²) >= 11 is 0. The Bertz CT molecular complexity index is 1210. The van der Waals surface area contributed by atoms with E-state index in [9.17, 15) is 14.7 Å². The number of aliphatic hydroxyl groups excluding tert-OH is 1. The maximum absolute atomic E-state index is 13.5. The first-order chi connectivity index (χ1) is 16.9. The molecule has 3 fully saturated rings. The van der Waals surface area contributed by atoms with Gasteiger partial charge in [0, 0.05) is 11.0 Å². The van der Waals surface area contributed by atoms with Crippen molar-refractivity contribution in [1.82, 2.24) is 0 Å². The molecule has 0 heterocycles. The van der Waals surface area contributed by atoms with Crippen molar-refractivity contribution in [3.05, 3.63) is 46.3 Å². The van der Waals surface area contributed by atoms with Crippen LogP contribution in [0.25, 0.3) is 0 Å². The van der Waals surface area contributed by atoms with Gasteiger partial charge in [0.15, 0.2) is 5.76 Å². The number of hydrogen-bond acceptors (Lipinski definition) is 4. The van der Waals surface area contributed by atoms with E-state index >= 15 is 0 Å². The molecular weight excluding hydrogens is 460 g/mol. The van der Waals surface area contributed by atoms with Crippen LogP contribution in [0.2, 0.25) is 0 Å². The van der Waals surface area contributed by atoms with Crippen LogP contribution >= 0.6 is 0 Å². The average molecular weight is 507 g/mol. The molecule has 5 rings (SSSR count). The van der Waals surface area contributed by atoms with Crippen LogP contribution in [0.1, 0.15) is 107 Å². The minimum atomic E-state index is -0.485. The summed E-state index contributed by atoms with van der Waals surface area (Å²) < 4.78 is 5.95. The molecule has 0 aromatic carbocycles. The lowest BCUT2D eigenvalue weighted by molar-refractivity contribution is -0.189. The van der Waals surface area contributed by atoms with E-state index in [1.54, 1.807) is 6.08 Å². The first-order valence-corrected chi connectivity index (χ1v) is 14.2. The number of hydrogen-bond donors (Lipinski definition) is 1. The van der Waals surface area contributed by atoms with Gasteiger partial charge in [0.25, 0.3) is 0 Å². The van der Waals surface area contributed by atoms with Gasteiger partial charge in [-0.15, -0.1) is 0 Å². The van der Waals surface area contributed by atoms with Crippen LogP contribution in [-0.4, -0.2) is 22.5 Å². The molecule has 0 saturated heterocycles. The highest BCUT2D eigenvalue weighted by Gasteiger charge is 2.67. The molecule has 0 unspecified atom stereocenters. The molecule has 4 heteroatoms. The predicted octanol–water partition coefficient (Wildman–Crippen LogP) is 7.95. The quantitative estimate of drug-likeness (QED) is 0.366. The second-order valence-corrected chi connectivity index (χ2v) is 15.1. The van der Waals surface area contributed by atoms with Crippen LogP contribution in [-0.2, 0) is 14.3 Å². The van der Waals surface area contributed by atoms with E-state index in [4.69, 9.17) is 4.74 Å². The lowest BCUT2D eigenvalue weighted by Gasteiger charge is -2.70. The number of ketones is 1. The summed E-state index contributed by atoms with van der Waals surface area (Å²) in [5, 5.41) is 10.4. The van der Waals surface area contributed by atoms with E-state index < -0.39 is 11.0 Å². The summed E-state index contributed by atoms with van der Waals surface area (Å²) in [4.78, 5) is 26.2. The van der Waals surface area contributed by atoms with Crippen LogP contribution in [0.15, 0.2) is 46.3 Å². The van der Waals surface area contributed by atoms with Crippen LogP contribution < -0.4 is 0 Å². The third-order valence-electron chi connectivity index (χ3n) is 11.8. The molecule has 1 N–H and O–H groups in total. The van der Waals surface area contributed by atoms with Crippen molar-refractivity contribution in [2.45, 2.75) is 113 Å². The Labute approximate surface area is 223 Å². The highest BCUT2D eigenvalue weighted by Crippen LogP contribution is 2.75. The van der Waals surface area contributed by atoms with Gasteiger partial charge in [0.2, 0.25) is 5.78 Å². The normalized spacial score (nSPS) is 43.4. The highest BCUT2D eigenvalue weighted by atomic mass is 16.6. The standard InChI is InChI=1S/C33H46O4/c1-20-21-10-11-24-31(7,22(21)18-23(34)26(20)35)15-17-33(9)25-19-30(6,27(36)37-28(2,3)4)13-12-29(25,5)14-16-32(24,33)8/h10-11,18,25,35H,12-17,19H2,1-9H3/t25-,29-,30-,31+,32-,33+/m1/s1. The lowest BCUT2D eigenvalue weighted by atomic mass is 9.34. The molecule has 37 heavy (non-hydrogen) atoms. The fraction of sp³-hybridized carbons (Fsp3) is 0.697. The van der Waals surface area contributed by atoms with Crippen molar-refractivity contribution >= 4 is 11.8 Å². The second-order valence-electron chi connectivity index (χ2n) is 15.1. The molecule has 3 saturated carbocycles. The second kappa shape index (κ2) is 7.73. The van der Waals surface area contributed by atoms with Crippen LogP contribution in [0.4, 0.5) is 0 Å². The Kier molecular flexibility index (Phi) is 5.54. The van der Waals surface area contributed by atoms with Crippen molar-refractivity contribution in [2.75, 3.05) is 0 Å². The maximum atomic E-state index is 13.5. The Balaban J connectivity index is 1.58. The molecule has 5 aliphatic carbocycles. The number of esters is 1. The molecule has 0 aromatic heterocycles.